The maximum Gasteiger partial charge on any atom is 0.124 e. The third kappa shape index (κ3) is 2.08. The van der Waals surface area contributed by atoms with Crippen LogP contribution in [0.1, 0.15) is 0 Å². The van der Waals surface area contributed by atoms with Crippen molar-refractivity contribution in [3.63, 3.8) is 0 Å². The Kier molecular flexibility index (Phi) is 3.00. The maximum absolute atomic E-state index is 10.5. The van der Waals surface area contributed by atoms with Crippen molar-refractivity contribution in [2.75, 3.05) is 0 Å². The monoisotopic (exact) mass is 318 g/mol. The van der Waals surface area contributed by atoms with E-state index in [0.29, 0.717) is 21.9 Å². The Hall–Kier alpha value is -3.40. The number of aromatic hydroxyl groups is 4. The van der Waals surface area contributed by atoms with E-state index in [9.17, 15) is 20.4 Å². The summed E-state index contributed by atoms with van der Waals surface area (Å²) in [5.74, 6) is 0.104. The molecule has 0 spiro atoms. The summed E-state index contributed by atoms with van der Waals surface area (Å²) in [6, 6.07) is 16.3. The van der Waals surface area contributed by atoms with E-state index in [1.165, 1.54) is 0 Å². The molecule has 118 valence electrons. The van der Waals surface area contributed by atoms with Crippen LogP contribution in [0.4, 0.5) is 0 Å². The van der Waals surface area contributed by atoms with Crippen molar-refractivity contribution >= 4 is 21.5 Å². The molecule has 24 heavy (non-hydrogen) atoms. The number of hydrogen-bond donors (Lipinski definition) is 4. The second-order valence-electron chi connectivity index (χ2n) is 5.73. The highest BCUT2D eigenvalue weighted by Gasteiger charge is 2.17. The topological polar surface area (TPSA) is 80.9 Å². The summed E-state index contributed by atoms with van der Waals surface area (Å²) in [6.07, 6.45) is 0. The Morgan fingerprint density at radius 1 is 0.458 bits per heavy atom. The third-order valence-electron chi connectivity index (χ3n) is 4.22. The van der Waals surface area contributed by atoms with E-state index in [4.69, 9.17) is 0 Å². The van der Waals surface area contributed by atoms with Gasteiger partial charge >= 0.3 is 0 Å². The minimum absolute atomic E-state index is 0.0146. The summed E-state index contributed by atoms with van der Waals surface area (Å²) in [4.78, 5) is 0. The van der Waals surface area contributed by atoms with E-state index < -0.39 is 0 Å². The molecule has 4 rings (SSSR count). The molecule has 4 aromatic carbocycles. The van der Waals surface area contributed by atoms with E-state index in [1.807, 2.05) is 0 Å². The molecule has 0 aliphatic carbocycles. The summed E-state index contributed by atoms with van der Waals surface area (Å²) in [6.45, 7) is 0. The van der Waals surface area contributed by atoms with Gasteiger partial charge in [-0.15, -0.1) is 0 Å². The lowest BCUT2D eigenvalue weighted by atomic mass is 9.92. The number of phenols is 4. The van der Waals surface area contributed by atoms with Gasteiger partial charge in [-0.05, 0) is 57.9 Å². The lowest BCUT2D eigenvalue weighted by Crippen LogP contribution is -1.87. The van der Waals surface area contributed by atoms with Crippen LogP contribution in [0, 0.1) is 0 Å². The molecule has 4 heteroatoms. The molecule has 0 aliphatic rings. The smallest absolute Gasteiger partial charge is 0.124 e. The standard InChI is InChI=1S/C20H14O4/c21-13-5-1-11-3-7-17(23)19(15(11)9-13)20-16-10-14(22)6-2-12(16)4-8-18(20)24/h1-10,21-24H. The molecular formula is C20H14O4. The zero-order chi connectivity index (χ0) is 16.8. The summed E-state index contributed by atoms with van der Waals surface area (Å²) < 4.78 is 0. The molecule has 0 unspecified atom stereocenters. The van der Waals surface area contributed by atoms with Gasteiger partial charge in [-0.25, -0.2) is 0 Å². The molecule has 0 amide bonds. The van der Waals surface area contributed by atoms with E-state index >= 15 is 0 Å². The van der Waals surface area contributed by atoms with Crippen molar-refractivity contribution in [3.8, 4) is 34.1 Å². The Bertz CT molecular complexity index is 1000. The van der Waals surface area contributed by atoms with E-state index in [1.54, 1.807) is 60.7 Å². The van der Waals surface area contributed by atoms with Crippen molar-refractivity contribution in [3.05, 3.63) is 60.7 Å². The largest absolute Gasteiger partial charge is 0.508 e. The summed E-state index contributed by atoms with van der Waals surface area (Å²) in [5, 5.41) is 43.4. The van der Waals surface area contributed by atoms with E-state index in [2.05, 4.69) is 0 Å². The second-order valence-corrected chi connectivity index (χ2v) is 5.73. The quantitative estimate of drug-likeness (QED) is 0.417. The van der Waals surface area contributed by atoms with Gasteiger partial charge in [-0.3, -0.25) is 0 Å². The molecule has 0 saturated heterocycles. The average Bonchev–Trinajstić information content (AvgIpc) is 2.56. The van der Waals surface area contributed by atoms with Crippen LogP contribution in [0.2, 0.25) is 0 Å². The molecular weight excluding hydrogens is 304 g/mol. The summed E-state index contributed by atoms with van der Waals surface area (Å²) >= 11 is 0. The summed E-state index contributed by atoms with van der Waals surface area (Å²) in [7, 11) is 0. The van der Waals surface area contributed by atoms with Crippen LogP contribution in [0.3, 0.4) is 0 Å². The Balaban J connectivity index is 2.21. The number of fused-ring (bicyclic) bond motifs is 2. The van der Waals surface area contributed by atoms with Gasteiger partial charge in [-0.2, -0.15) is 0 Å². The molecule has 4 nitrogen and oxygen atoms in total. The van der Waals surface area contributed by atoms with E-state index in [0.717, 1.165) is 10.8 Å². The predicted octanol–water partition coefficient (Wildman–Crippen LogP) is 4.48. The van der Waals surface area contributed by atoms with Gasteiger partial charge in [-0.1, -0.05) is 24.3 Å². The van der Waals surface area contributed by atoms with Gasteiger partial charge in [0.05, 0.1) is 0 Å². The Morgan fingerprint density at radius 2 is 0.833 bits per heavy atom. The van der Waals surface area contributed by atoms with Crippen LogP contribution < -0.4 is 0 Å². The van der Waals surface area contributed by atoms with E-state index in [-0.39, 0.29) is 23.0 Å². The summed E-state index contributed by atoms with van der Waals surface area (Å²) in [5.41, 5.74) is 0.828. The number of rotatable bonds is 1. The molecule has 0 atom stereocenters. The first kappa shape index (κ1) is 14.2. The molecule has 4 aromatic rings. The SMILES string of the molecule is Oc1ccc2ccc(O)c(-c3c(O)ccc4ccc(O)cc34)c2c1. The number of hydrogen-bond acceptors (Lipinski definition) is 4. The van der Waals surface area contributed by atoms with Crippen LogP contribution in [-0.4, -0.2) is 20.4 Å². The van der Waals surface area contributed by atoms with Gasteiger partial charge in [0.2, 0.25) is 0 Å². The highest BCUT2D eigenvalue weighted by Crippen LogP contribution is 2.45. The molecule has 0 aromatic heterocycles. The van der Waals surface area contributed by atoms with Gasteiger partial charge in [0, 0.05) is 11.1 Å². The zero-order valence-corrected chi connectivity index (χ0v) is 12.6. The molecule has 0 saturated carbocycles. The second kappa shape index (κ2) is 5.06. The van der Waals surface area contributed by atoms with Gasteiger partial charge in [0.15, 0.2) is 0 Å². The molecule has 0 radical (unpaired) electrons. The highest BCUT2D eigenvalue weighted by molar-refractivity contribution is 6.10. The Labute approximate surface area is 137 Å². The van der Waals surface area contributed by atoms with Gasteiger partial charge < -0.3 is 20.4 Å². The average molecular weight is 318 g/mol. The molecule has 0 heterocycles. The van der Waals surface area contributed by atoms with Crippen molar-refractivity contribution in [1.82, 2.24) is 0 Å². The maximum atomic E-state index is 10.5. The zero-order valence-electron chi connectivity index (χ0n) is 12.6. The first-order valence-electron chi connectivity index (χ1n) is 7.44. The first-order chi connectivity index (χ1) is 11.5. The van der Waals surface area contributed by atoms with Crippen LogP contribution in [0.25, 0.3) is 32.7 Å². The molecule has 0 bridgehead atoms. The molecule has 0 fully saturated rings. The normalized spacial score (nSPS) is 11.2. The number of phenolic OH excluding ortho intramolecular Hbond substituents is 4. The fourth-order valence-electron chi connectivity index (χ4n) is 3.12. The van der Waals surface area contributed by atoms with Crippen LogP contribution in [-0.2, 0) is 0 Å². The van der Waals surface area contributed by atoms with Crippen LogP contribution in [0.15, 0.2) is 60.7 Å². The van der Waals surface area contributed by atoms with Crippen molar-refractivity contribution in [1.29, 1.82) is 0 Å². The number of benzene rings is 4. The predicted molar refractivity (Wildman–Crippen MR) is 93.5 cm³/mol. The van der Waals surface area contributed by atoms with Crippen LogP contribution >= 0.6 is 0 Å². The minimum Gasteiger partial charge on any atom is -0.508 e. The lowest BCUT2D eigenvalue weighted by molar-refractivity contribution is 0.469. The fourth-order valence-corrected chi connectivity index (χ4v) is 3.12. The molecule has 4 N–H and O–H groups in total. The van der Waals surface area contributed by atoms with Gasteiger partial charge in [0.25, 0.3) is 0 Å². The molecule has 0 aliphatic heterocycles. The minimum atomic E-state index is -0.0146. The third-order valence-corrected chi connectivity index (χ3v) is 4.22. The Morgan fingerprint density at radius 3 is 1.25 bits per heavy atom. The fraction of sp³-hybridized carbons (Fsp3) is 0. The van der Waals surface area contributed by atoms with Crippen LogP contribution in [0.5, 0.6) is 23.0 Å². The van der Waals surface area contributed by atoms with Crippen molar-refractivity contribution < 1.29 is 20.4 Å². The van der Waals surface area contributed by atoms with Crippen molar-refractivity contribution in [2.24, 2.45) is 0 Å². The van der Waals surface area contributed by atoms with Gasteiger partial charge in [0.1, 0.15) is 23.0 Å². The first-order valence-corrected chi connectivity index (χ1v) is 7.44. The van der Waals surface area contributed by atoms with Crippen molar-refractivity contribution in [2.45, 2.75) is 0 Å². The highest BCUT2D eigenvalue weighted by atomic mass is 16.3. The lowest BCUT2D eigenvalue weighted by Gasteiger charge is -2.14.